The molecule has 5 heteroatoms. The largest absolute Gasteiger partial charge is 0.306 e. The molecule has 1 atom stereocenters. The maximum atomic E-state index is 13.7. The monoisotopic (exact) mass is 288 g/mol. The van der Waals surface area contributed by atoms with Gasteiger partial charge in [0.05, 0.1) is 0 Å². The zero-order chi connectivity index (χ0) is 14.8. The van der Waals surface area contributed by atoms with Gasteiger partial charge in [-0.25, -0.2) is 4.39 Å². The lowest BCUT2D eigenvalue weighted by atomic mass is 10.3. The van der Waals surface area contributed by atoms with Gasteiger partial charge in [-0.1, -0.05) is 0 Å². The lowest BCUT2D eigenvalue weighted by Gasteiger charge is -2.23. The van der Waals surface area contributed by atoms with E-state index in [-0.39, 0.29) is 0 Å². The Balaban J connectivity index is 2.34. The molecule has 0 bridgehead atoms. The number of hydrogen-bond donors (Lipinski definition) is 1. The fraction of sp³-hybridized carbons (Fsp3) is 1.00. The van der Waals surface area contributed by atoms with Gasteiger partial charge >= 0.3 is 0 Å². The summed E-state index contributed by atoms with van der Waals surface area (Å²) >= 11 is 0. The first kappa shape index (κ1) is 17.8. The molecular formula is C15H33FN4. The fourth-order valence-corrected chi connectivity index (χ4v) is 2.60. The molecule has 0 amide bonds. The van der Waals surface area contributed by atoms with Crippen LogP contribution < -0.4 is 5.32 Å². The third-order valence-corrected chi connectivity index (χ3v) is 4.01. The van der Waals surface area contributed by atoms with Crippen LogP contribution in [-0.4, -0.2) is 88.0 Å². The third-order valence-electron chi connectivity index (χ3n) is 4.01. The average Bonchev–Trinajstić information content (AvgIpc) is 2.40. The summed E-state index contributed by atoms with van der Waals surface area (Å²) in [7, 11) is 6.44. The van der Waals surface area contributed by atoms with Crippen molar-refractivity contribution in [1.82, 2.24) is 20.0 Å². The Morgan fingerprint density at radius 2 is 1.20 bits per heavy atom. The minimum Gasteiger partial charge on any atom is -0.306 e. The van der Waals surface area contributed by atoms with Gasteiger partial charge in [-0.2, -0.15) is 0 Å². The van der Waals surface area contributed by atoms with E-state index < -0.39 is 6.30 Å². The predicted molar refractivity (Wildman–Crippen MR) is 83.9 cm³/mol. The van der Waals surface area contributed by atoms with Gasteiger partial charge < -0.3 is 14.7 Å². The highest BCUT2D eigenvalue weighted by molar-refractivity contribution is 4.63. The van der Waals surface area contributed by atoms with Crippen LogP contribution in [0.25, 0.3) is 0 Å². The van der Waals surface area contributed by atoms with Gasteiger partial charge in [-0.05, 0) is 79.7 Å². The Labute approximate surface area is 124 Å². The van der Waals surface area contributed by atoms with Crippen molar-refractivity contribution in [2.75, 3.05) is 67.0 Å². The summed E-state index contributed by atoms with van der Waals surface area (Å²) in [5.74, 6) is 0. The van der Waals surface area contributed by atoms with Gasteiger partial charge in [-0.3, -0.25) is 5.32 Å². The number of halogens is 1. The lowest BCUT2D eigenvalue weighted by molar-refractivity contribution is 0.203. The summed E-state index contributed by atoms with van der Waals surface area (Å²) in [6.07, 6.45) is 3.11. The summed E-state index contributed by atoms with van der Waals surface area (Å²) in [4.78, 5) is 7.00. The van der Waals surface area contributed by atoms with Crippen LogP contribution in [0, 0.1) is 0 Å². The molecule has 1 aliphatic heterocycles. The molecule has 20 heavy (non-hydrogen) atoms. The van der Waals surface area contributed by atoms with E-state index in [1.54, 1.807) is 0 Å². The van der Waals surface area contributed by atoms with Crippen LogP contribution in [0.1, 0.15) is 25.7 Å². The standard InChI is InChI=1S/C15H33FN4/c1-18-9-4-8-17-15(16)7-14-20(3)13-6-12-19(2)11-5-10-18/h15,17H,4-14H2,1-3H3. The minimum absolute atomic E-state index is 0.585. The molecule has 0 aliphatic carbocycles. The molecule has 0 saturated carbocycles. The Kier molecular flexibility index (Phi) is 9.35. The predicted octanol–water partition coefficient (Wildman–Crippen LogP) is 1.24. The average molecular weight is 288 g/mol. The quantitative estimate of drug-likeness (QED) is 0.677. The smallest absolute Gasteiger partial charge is 0.152 e. The highest BCUT2D eigenvalue weighted by Crippen LogP contribution is 2.00. The van der Waals surface area contributed by atoms with Crippen molar-refractivity contribution in [2.24, 2.45) is 0 Å². The molecule has 4 nitrogen and oxygen atoms in total. The van der Waals surface area contributed by atoms with E-state index in [1.165, 1.54) is 13.0 Å². The van der Waals surface area contributed by atoms with Gasteiger partial charge in [0.25, 0.3) is 0 Å². The first-order valence-corrected chi connectivity index (χ1v) is 8.01. The molecule has 0 radical (unpaired) electrons. The summed E-state index contributed by atoms with van der Waals surface area (Å²) in [6.45, 7) is 7.13. The zero-order valence-electron chi connectivity index (χ0n) is 13.6. The molecule has 1 saturated heterocycles. The summed E-state index contributed by atoms with van der Waals surface area (Å²) < 4.78 is 13.7. The van der Waals surface area contributed by atoms with E-state index in [2.05, 4.69) is 41.2 Å². The highest BCUT2D eigenvalue weighted by atomic mass is 19.1. The van der Waals surface area contributed by atoms with Crippen LogP contribution >= 0.6 is 0 Å². The number of nitrogens with zero attached hydrogens (tertiary/aromatic N) is 3. The van der Waals surface area contributed by atoms with Crippen LogP contribution in [0.4, 0.5) is 4.39 Å². The minimum atomic E-state index is -0.863. The van der Waals surface area contributed by atoms with Gasteiger partial charge in [-0.15, -0.1) is 0 Å². The van der Waals surface area contributed by atoms with Crippen LogP contribution in [0.3, 0.4) is 0 Å². The molecule has 0 aromatic carbocycles. The third kappa shape index (κ3) is 8.84. The van der Waals surface area contributed by atoms with Crippen molar-refractivity contribution >= 4 is 0 Å². The molecule has 0 spiro atoms. The maximum Gasteiger partial charge on any atom is 0.152 e. The van der Waals surface area contributed by atoms with Crippen LogP contribution in [0.15, 0.2) is 0 Å². The molecule has 0 aromatic heterocycles. The maximum absolute atomic E-state index is 13.7. The first-order chi connectivity index (χ1) is 9.58. The number of alkyl halides is 1. The summed E-state index contributed by atoms with van der Waals surface area (Å²) in [5.41, 5.74) is 0. The second-order valence-corrected chi connectivity index (χ2v) is 6.18. The van der Waals surface area contributed by atoms with Gasteiger partial charge in [0.1, 0.15) is 0 Å². The normalized spacial score (nSPS) is 28.5. The van der Waals surface area contributed by atoms with E-state index in [4.69, 9.17) is 0 Å². The molecule has 1 unspecified atom stereocenters. The summed E-state index contributed by atoms with van der Waals surface area (Å²) in [6, 6.07) is 0. The topological polar surface area (TPSA) is 21.8 Å². The molecule has 1 rings (SSSR count). The van der Waals surface area contributed by atoms with Crippen LogP contribution in [-0.2, 0) is 0 Å². The van der Waals surface area contributed by atoms with Gasteiger partial charge in [0, 0.05) is 13.0 Å². The second-order valence-electron chi connectivity index (χ2n) is 6.18. The second kappa shape index (κ2) is 10.5. The van der Waals surface area contributed by atoms with E-state index >= 15 is 0 Å². The van der Waals surface area contributed by atoms with Crippen molar-refractivity contribution in [3.8, 4) is 0 Å². The molecule has 1 fully saturated rings. The highest BCUT2D eigenvalue weighted by Gasteiger charge is 2.09. The zero-order valence-corrected chi connectivity index (χ0v) is 13.6. The van der Waals surface area contributed by atoms with E-state index in [9.17, 15) is 4.39 Å². The number of nitrogens with one attached hydrogen (secondary N) is 1. The molecular weight excluding hydrogens is 255 g/mol. The molecule has 1 heterocycles. The Morgan fingerprint density at radius 3 is 1.75 bits per heavy atom. The Bertz CT molecular complexity index is 240. The summed E-state index contributed by atoms with van der Waals surface area (Å²) in [5, 5.41) is 2.98. The van der Waals surface area contributed by atoms with Crippen molar-refractivity contribution in [1.29, 1.82) is 0 Å². The van der Waals surface area contributed by atoms with E-state index in [0.717, 1.165) is 52.1 Å². The number of rotatable bonds is 0. The molecule has 120 valence electrons. The molecule has 1 aliphatic rings. The van der Waals surface area contributed by atoms with Gasteiger partial charge in [0.2, 0.25) is 0 Å². The van der Waals surface area contributed by atoms with E-state index in [0.29, 0.717) is 6.42 Å². The number of hydrogen-bond acceptors (Lipinski definition) is 4. The van der Waals surface area contributed by atoms with Crippen molar-refractivity contribution in [2.45, 2.75) is 32.0 Å². The molecule has 1 N–H and O–H groups in total. The van der Waals surface area contributed by atoms with Crippen molar-refractivity contribution < 1.29 is 4.39 Å². The van der Waals surface area contributed by atoms with Crippen molar-refractivity contribution in [3.63, 3.8) is 0 Å². The van der Waals surface area contributed by atoms with E-state index in [1.807, 2.05) is 0 Å². The first-order valence-electron chi connectivity index (χ1n) is 8.01. The lowest BCUT2D eigenvalue weighted by Crippen LogP contribution is -2.34. The SMILES string of the molecule is CN1CCCNC(F)CCN(C)CCCN(C)CCC1. The van der Waals surface area contributed by atoms with Crippen molar-refractivity contribution in [3.05, 3.63) is 0 Å². The van der Waals surface area contributed by atoms with Gasteiger partial charge in [0.15, 0.2) is 6.30 Å². The molecule has 0 aromatic rings. The fourth-order valence-electron chi connectivity index (χ4n) is 2.60. The van der Waals surface area contributed by atoms with Crippen LogP contribution in [0.5, 0.6) is 0 Å². The van der Waals surface area contributed by atoms with Crippen LogP contribution in [0.2, 0.25) is 0 Å². The Morgan fingerprint density at radius 1 is 0.750 bits per heavy atom. The Hall–Kier alpha value is -0.230.